The van der Waals surface area contributed by atoms with Gasteiger partial charge < -0.3 is 5.73 Å². The highest BCUT2D eigenvalue weighted by molar-refractivity contribution is 7.90. The number of nitrogen functional groups attached to an aromatic ring is 1. The number of anilines is 2. The Hall–Kier alpha value is -0.980. The Kier molecular flexibility index (Phi) is 4.23. The van der Waals surface area contributed by atoms with Crippen molar-refractivity contribution >= 4 is 33.2 Å². The van der Waals surface area contributed by atoms with Gasteiger partial charge in [-0.3, -0.25) is 4.72 Å². The van der Waals surface area contributed by atoms with Crippen molar-refractivity contribution in [3.63, 3.8) is 0 Å². The van der Waals surface area contributed by atoms with Crippen molar-refractivity contribution in [2.45, 2.75) is 26.2 Å². The molecule has 0 bridgehead atoms. The lowest BCUT2D eigenvalue weighted by Crippen LogP contribution is -2.39. The number of hydrogen-bond donors (Lipinski definition) is 2. The maximum Gasteiger partial charge on any atom is 0.301 e. The maximum atomic E-state index is 12.2. The summed E-state index contributed by atoms with van der Waals surface area (Å²) in [6, 6.07) is 3.21. The van der Waals surface area contributed by atoms with Crippen LogP contribution in [0.1, 0.15) is 24.8 Å². The van der Waals surface area contributed by atoms with Gasteiger partial charge in [-0.1, -0.05) is 18.0 Å². The molecule has 1 aliphatic rings. The fraction of sp³-hybridized carbons (Fsp3) is 0.500. The Bertz CT molecular complexity index is 569. The summed E-state index contributed by atoms with van der Waals surface area (Å²) >= 11 is 5.93. The van der Waals surface area contributed by atoms with Gasteiger partial charge >= 0.3 is 10.2 Å². The van der Waals surface area contributed by atoms with Gasteiger partial charge in [-0.05, 0) is 37.5 Å². The molecular formula is C12H18ClN3O2S. The fourth-order valence-corrected chi connectivity index (χ4v) is 3.65. The van der Waals surface area contributed by atoms with E-state index in [4.69, 9.17) is 17.3 Å². The van der Waals surface area contributed by atoms with E-state index in [9.17, 15) is 8.42 Å². The molecule has 1 aromatic carbocycles. The van der Waals surface area contributed by atoms with Crippen molar-refractivity contribution in [2.24, 2.45) is 0 Å². The first kappa shape index (κ1) is 14.4. The predicted octanol–water partition coefficient (Wildman–Crippen LogP) is 2.37. The number of piperidine rings is 1. The molecule has 0 aromatic heterocycles. The number of rotatable bonds is 3. The molecule has 2 rings (SSSR count). The highest BCUT2D eigenvalue weighted by Gasteiger charge is 2.24. The third kappa shape index (κ3) is 3.32. The van der Waals surface area contributed by atoms with Gasteiger partial charge in [0.15, 0.2) is 0 Å². The third-order valence-electron chi connectivity index (χ3n) is 3.24. The van der Waals surface area contributed by atoms with Gasteiger partial charge in [0, 0.05) is 13.1 Å². The number of halogens is 1. The summed E-state index contributed by atoms with van der Waals surface area (Å²) < 4.78 is 28.5. The highest BCUT2D eigenvalue weighted by atomic mass is 35.5. The van der Waals surface area contributed by atoms with Crippen LogP contribution < -0.4 is 10.5 Å². The van der Waals surface area contributed by atoms with Gasteiger partial charge in [0.25, 0.3) is 0 Å². The second kappa shape index (κ2) is 5.56. The van der Waals surface area contributed by atoms with Gasteiger partial charge in [0.1, 0.15) is 0 Å². The van der Waals surface area contributed by atoms with Gasteiger partial charge in [-0.25, -0.2) is 0 Å². The molecule has 106 valence electrons. The SMILES string of the molecule is Cc1cc(N)c(Cl)cc1NS(=O)(=O)N1CCCCC1. The molecule has 0 saturated carbocycles. The molecule has 0 unspecified atom stereocenters. The lowest BCUT2D eigenvalue weighted by Gasteiger charge is -2.26. The molecule has 0 radical (unpaired) electrons. The van der Waals surface area contributed by atoms with Gasteiger partial charge in [0.05, 0.1) is 16.4 Å². The zero-order chi connectivity index (χ0) is 14.0. The Morgan fingerprint density at radius 2 is 1.89 bits per heavy atom. The molecule has 1 heterocycles. The fourth-order valence-electron chi connectivity index (χ4n) is 2.12. The molecule has 0 atom stereocenters. The molecular weight excluding hydrogens is 286 g/mol. The Morgan fingerprint density at radius 1 is 1.26 bits per heavy atom. The second-order valence-electron chi connectivity index (χ2n) is 4.76. The van der Waals surface area contributed by atoms with E-state index in [1.54, 1.807) is 19.1 Å². The lowest BCUT2D eigenvalue weighted by atomic mass is 10.2. The van der Waals surface area contributed by atoms with Crippen LogP contribution in [0.15, 0.2) is 12.1 Å². The summed E-state index contributed by atoms with van der Waals surface area (Å²) in [5, 5.41) is 0.349. The van der Waals surface area contributed by atoms with Crippen LogP contribution in [0.4, 0.5) is 11.4 Å². The standard InChI is InChI=1S/C12H18ClN3O2S/c1-9-7-11(14)10(13)8-12(9)15-19(17,18)16-5-3-2-4-6-16/h7-8,15H,2-6,14H2,1H3. The minimum Gasteiger partial charge on any atom is -0.398 e. The average Bonchev–Trinajstić information content (AvgIpc) is 2.37. The first-order valence-electron chi connectivity index (χ1n) is 6.23. The number of nitrogens with one attached hydrogen (secondary N) is 1. The summed E-state index contributed by atoms with van der Waals surface area (Å²) in [5.41, 5.74) is 7.35. The van der Waals surface area contributed by atoms with Crippen LogP contribution in [0.25, 0.3) is 0 Å². The predicted molar refractivity (Wildman–Crippen MR) is 78.6 cm³/mol. The summed E-state index contributed by atoms with van der Waals surface area (Å²) in [5.74, 6) is 0. The molecule has 1 aromatic rings. The Labute approximate surface area is 118 Å². The average molecular weight is 304 g/mol. The van der Waals surface area contributed by atoms with Gasteiger partial charge in [-0.15, -0.1) is 0 Å². The summed E-state index contributed by atoms with van der Waals surface area (Å²) in [4.78, 5) is 0. The van der Waals surface area contributed by atoms with E-state index in [1.807, 2.05) is 0 Å². The molecule has 0 aliphatic carbocycles. The second-order valence-corrected chi connectivity index (χ2v) is 6.83. The van der Waals surface area contributed by atoms with Crippen LogP contribution in [0.3, 0.4) is 0 Å². The molecule has 7 heteroatoms. The number of nitrogens with zero attached hydrogens (tertiary/aromatic N) is 1. The van der Waals surface area contributed by atoms with Crippen LogP contribution in [0.5, 0.6) is 0 Å². The van der Waals surface area contributed by atoms with E-state index in [1.165, 1.54) is 4.31 Å². The van der Waals surface area contributed by atoms with Gasteiger partial charge in [0.2, 0.25) is 0 Å². The normalized spacial score (nSPS) is 17.4. The van der Waals surface area contributed by atoms with Gasteiger partial charge in [-0.2, -0.15) is 12.7 Å². The summed E-state index contributed by atoms with van der Waals surface area (Å²) in [6.45, 7) is 2.93. The number of hydrogen-bond acceptors (Lipinski definition) is 3. The van der Waals surface area contributed by atoms with Crippen molar-refractivity contribution < 1.29 is 8.42 Å². The van der Waals surface area contributed by atoms with E-state index < -0.39 is 10.2 Å². The summed E-state index contributed by atoms with van der Waals surface area (Å²) in [6.07, 6.45) is 2.89. The largest absolute Gasteiger partial charge is 0.398 e. The van der Waals surface area contributed by atoms with E-state index in [0.717, 1.165) is 24.8 Å². The van der Waals surface area contributed by atoms with E-state index in [0.29, 0.717) is 29.5 Å². The van der Waals surface area contributed by atoms with Crippen LogP contribution in [-0.4, -0.2) is 25.8 Å². The topological polar surface area (TPSA) is 75.4 Å². The molecule has 1 fully saturated rings. The zero-order valence-electron chi connectivity index (χ0n) is 10.8. The van der Waals surface area contributed by atoms with E-state index in [2.05, 4.69) is 4.72 Å². The zero-order valence-corrected chi connectivity index (χ0v) is 12.4. The first-order valence-corrected chi connectivity index (χ1v) is 8.05. The molecule has 1 aliphatic heterocycles. The third-order valence-corrected chi connectivity index (χ3v) is 5.09. The first-order chi connectivity index (χ1) is 8.90. The number of benzene rings is 1. The van der Waals surface area contributed by atoms with Crippen LogP contribution in [0, 0.1) is 6.92 Å². The van der Waals surface area contributed by atoms with Crippen LogP contribution >= 0.6 is 11.6 Å². The van der Waals surface area contributed by atoms with E-state index >= 15 is 0 Å². The molecule has 0 spiro atoms. The van der Waals surface area contributed by atoms with Crippen molar-refractivity contribution in [2.75, 3.05) is 23.5 Å². The molecule has 3 N–H and O–H groups in total. The van der Waals surface area contributed by atoms with Crippen LogP contribution in [-0.2, 0) is 10.2 Å². The minimum atomic E-state index is -3.50. The van der Waals surface area contributed by atoms with E-state index in [-0.39, 0.29) is 0 Å². The van der Waals surface area contributed by atoms with Crippen molar-refractivity contribution in [1.82, 2.24) is 4.31 Å². The molecule has 19 heavy (non-hydrogen) atoms. The van der Waals surface area contributed by atoms with Crippen molar-refractivity contribution in [3.8, 4) is 0 Å². The summed E-state index contributed by atoms with van der Waals surface area (Å²) in [7, 11) is -3.50. The Morgan fingerprint density at radius 3 is 2.53 bits per heavy atom. The smallest absolute Gasteiger partial charge is 0.301 e. The Balaban J connectivity index is 2.22. The molecule has 1 saturated heterocycles. The minimum absolute atomic E-state index is 0.349. The number of aryl methyl sites for hydroxylation is 1. The monoisotopic (exact) mass is 303 g/mol. The number of nitrogens with two attached hydrogens (primary N) is 1. The molecule has 0 amide bonds. The van der Waals surface area contributed by atoms with Crippen molar-refractivity contribution in [1.29, 1.82) is 0 Å². The molecule has 5 nitrogen and oxygen atoms in total. The van der Waals surface area contributed by atoms with Crippen molar-refractivity contribution in [3.05, 3.63) is 22.7 Å². The quantitative estimate of drug-likeness (QED) is 0.842. The van der Waals surface area contributed by atoms with Crippen LogP contribution in [0.2, 0.25) is 5.02 Å². The highest BCUT2D eigenvalue weighted by Crippen LogP contribution is 2.28. The maximum absolute atomic E-state index is 12.2. The lowest BCUT2D eigenvalue weighted by molar-refractivity contribution is 0.349.